The minimum Gasteiger partial charge on any atom is -0.386 e. The number of nitrogens with one attached hydrogen (secondary N) is 1. The standard InChI is InChI=1S/C21H26N2/c1-5-9-20(22-4)21-19(12-8-15-23-21)14-13-18-11-7-10-17(6-2)16(18)3/h5,7-12,15,22H,1,6,13-14H2,2-4H3/b20-9-. The average Bonchev–Trinajstić information content (AvgIpc) is 2.59. The van der Waals surface area contributed by atoms with E-state index in [9.17, 15) is 0 Å². The third-order valence-electron chi connectivity index (χ3n) is 4.30. The summed E-state index contributed by atoms with van der Waals surface area (Å²) in [6, 6.07) is 10.8. The van der Waals surface area contributed by atoms with Crippen molar-refractivity contribution in [2.45, 2.75) is 33.1 Å². The van der Waals surface area contributed by atoms with Crippen LogP contribution >= 0.6 is 0 Å². The van der Waals surface area contributed by atoms with Crippen molar-refractivity contribution in [3.8, 4) is 0 Å². The summed E-state index contributed by atoms with van der Waals surface area (Å²) in [5.74, 6) is 0. The van der Waals surface area contributed by atoms with Gasteiger partial charge in [-0.15, -0.1) is 0 Å². The van der Waals surface area contributed by atoms with Crippen LogP contribution in [0.3, 0.4) is 0 Å². The molecular weight excluding hydrogens is 280 g/mol. The van der Waals surface area contributed by atoms with Crippen molar-refractivity contribution in [1.29, 1.82) is 0 Å². The van der Waals surface area contributed by atoms with Crippen LogP contribution in [0.5, 0.6) is 0 Å². The van der Waals surface area contributed by atoms with Gasteiger partial charge in [-0.3, -0.25) is 4.98 Å². The molecule has 0 radical (unpaired) electrons. The highest BCUT2D eigenvalue weighted by Crippen LogP contribution is 2.20. The van der Waals surface area contributed by atoms with E-state index in [-0.39, 0.29) is 0 Å². The van der Waals surface area contributed by atoms with Gasteiger partial charge in [0.15, 0.2) is 0 Å². The van der Waals surface area contributed by atoms with Gasteiger partial charge in [-0.2, -0.15) is 0 Å². The number of rotatable bonds is 7. The van der Waals surface area contributed by atoms with Crippen LogP contribution in [0.15, 0.2) is 55.3 Å². The third kappa shape index (κ3) is 4.10. The zero-order chi connectivity index (χ0) is 16.7. The molecule has 120 valence electrons. The molecule has 2 rings (SSSR count). The molecule has 1 aromatic carbocycles. The van der Waals surface area contributed by atoms with Crippen LogP contribution in [-0.4, -0.2) is 12.0 Å². The first-order valence-corrected chi connectivity index (χ1v) is 8.23. The number of benzene rings is 1. The summed E-state index contributed by atoms with van der Waals surface area (Å²) < 4.78 is 0. The number of allylic oxidation sites excluding steroid dienone is 2. The molecule has 0 saturated carbocycles. The van der Waals surface area contributed by atoms with Crippen molar-refractivity contribution < 1.29 is 0 Å². The second-order valence-electron chi connectivity index (χ2n) is 5.63. The summed E-state index contributed by atoms with van der Waals surface area (Å²) >= 11 is 0. The lowest BCUT2D eigenvalue weighted by atomic mass is 9.95. The molecule has 0 fully saturated rings. The summed E-state index contributed by atoms with van der Waals surface area (Å²) in [5, 5.41) is 3.21. The lowest BCUT2D eigenvalue weighted by Crippen LogP contribution is -2.09. The van der Waals surface area contributed by atoms with Crippen LogP contribution in [0.4, 0.5) is 0 Å². The maximum absolute atomic E-state index is 4.56. The molecule has 0 atom stereocenters. The molecule has 0 aliphatic carbocycles. The molecule has 0 saturated heterocycles. The molecule has 1 N–H and O–H groups in total. The minimum absolute atomic E-state index is 0.980. The minimum atomic E-state index is 0.980. The van der Waals surface area contributed by atoms with E-state index in [1.807, 2.05) is 25.4 Å². The first-order chi connectivity index (χ1) is 11.2. The van der Waals surface area contributed by atoms with Crippen LogP contribution in [0, 0.1) is 6.92 Å². The highest BCUT2D eigenvalue weighted by atomic mass is 14.9. The van der Waals surface area contributed by atoms with Crippen LogP contribution in [0.25, 0.3) is 5.70 Å². The van der Waals surface area contributed by atoms with Crippen molar-refractivity contribution in [2.24, 2.45) is 0 Å². The van der Waals surface area contributed by atoms with Crippen molar-refractivity contribution in [2.75, 3.05) is 7.05 Å². The zero-order valence-electron chi connectivity index (χ0n) is 14.4. The Kier molecular flexibility index (Phi) is 6.16. The Hall–Kier alpha value is -2.35. The second-order valence-corrected chi connectivity index (χ2v) is 5.63. The summed E-state index contributed by atoms with van der Waals surface area (Å²) in [4.78, 5) is 4.56. The van der Waals surface area contributed by atoms with Crippen LogP contribution in [0.2, 0.25) is 0 Å². The van der Waals surface area contributed by atoms with E-state index in [1.165, 1.54) is 22.3 Å². The predicted octanol–water partition coefficient (Wildman–Crippen LogP) is 4.48. The maximum Gasteiger partial charge on any atom is 0.0892 e. The molecule has 0 aliphatic rings. The molecule has 2 heteroatoms. The van der Waals surface area contributed by atoms with Crippen LogP contribution in [-0.2, 0) is 19.3 Å². The molecule has 0 aliphatic heterocycles. The molecule has 23 heavy (non-hydrogen) atoms. The summed E-state index contributed by atoms with van der Waals surface area (Å²) in [6.45, 7) is 8.23. The Morgan fingerprint density at radius 3 is 2.52 bits per heavy atom. The monoisotopic (exact) mass is 306 g/mol. The maximum atomic E-state index is 4.56. The number of nitrogens with zero attached hydrogens (tertiary/aromatic N) is 1. The van der Waals surface area contributed by atoms with Crippen molar-refractivity contribution in [3.05, 3.63) is 83.2 Å². The number of hydrogen-bond acceptors (Lipinski definition) is 2. The van der Waals surface area contributed by atoms with Gasteiger partial charge in [-0.25, -0.2) is 0 Å². The quantitative estimate of drug-likeness (QED) is 0.763. The molecule has 0 bridgehead atoms. The molecule has 1 aromatic heterocycles. The fourth-order valence-corrected chi connectivity index (χ4v) is 2.94. The van der Waals surface area contributed by atoms with Gasteiger partial charge < -0.3 is 5.32 Å². The van der Waals surface area contributed by atoms with Crippen LogP contribution < -0.4 is 5.32 Å². The zero-order valence-corrected chi connectivity index (χ0v) is 14.4. The molecule has 2 aromatic rings. The lowest BCUT2D eigenvalue weighted by molar-refractivity contribution is 0.918. The second kappa shape index (κ2) is 8.33. The molecule has 0 spiro atoms. The number of hydrogen-bond donors (Lipinski definition) is 1. The first kappa shape index (κ1) is 17.0. The Morgan fingerprint density at radius 1 is 1.13 bits per heavy atom. The van der Waals surface area contributed by atoms with Gasteiger partial charge >= 0.3 is 0 Å². The Labute approximate surface area is 140 Å². The lowest BCUT2D eigenvalue weighted by Gasteiger charge is -2.13. The molecule has 2 nitrogen and oxygen atoms in total. The van der Waals surface area contributed by atoms with E-state index < -0.39 is 0 Å². The fraction of sp³-hybridized carbons (Fsp3) is 0.286. The van der Waals surface area contributed by atoms with Gasteiger partial charge in [0.25, 0.3) is 0 Å². The fourth-order valence-electron chi connectivity index (χ4n) is 2.94. The van der Waals surface area contributed by atoms with Gasteiger partial charge in [0.2, 0.25) is 0 Å². The van der Waals surface area contributed by atoms with E-state index in [2.05, 4.69) is 55.0 Å². The van der Waals surface area contributed by atoms with Gasteiger partial charge in [0.05, 0.1) is 11.4 Å². The topological polar surface area (TPSA) is 24.9 Å². The highest BCUT2D eigenvalue weighted by Gasteiger charge is 2.09. The number of aromatic nitrogens is 1. The van der Waals surface area contributed by atoms with Gasteiger partial charge in [-0.05, 0) is 60.6 Å². The van der Waals surface area contributed by atoms with Crippen molar-refractivity contribution in [1.82, 2.24) is 10.3 Å². The smallest absolute Gasteiger partial charge is 0.0892 e. The summed E-state index contributed by atoms with van der Waals surface area (Å²) in [7, 11) is 1.92. The predicted molar refractivity (Wildman–Crippen MR) is 99.4 cm³/mol. The molecule has 1 heterocycles. The Morgan fingerprint density at radius 2 is 1.83 bits per heavy atom. The molecule has 0 amide bonds. The Bertz CT molecular complexity index is 699. The van der Waals surface area contributed by atoms with Crippen LogP contribution in [0.1, 0.15) is 34.9 Å². The van der Waals surface area contributed by atoms with Gasteiger partial charge in [0, 0.05) is 13.2 Å². The highest BCUT2D eigenvalue weighted by molar-refractivity contribution is 5.64. The normalized spacial score (nSPS) is 11.3. The van der Waals surface area contributed by atoms with Crippen molar-refractivity contribution >= 4 is 5.70 Å². The first-order valence-electron chi connectivity index (χ1n) is 8.23. The molecular formula is C21H26N2. The Balaban J connectivity index is 2.25. The van der Waals surface area contributed by atoms with E-state index in [0.717, 1.165) is 30.7 Å². The van der Waals surface area contributed by atoms with Crippen molar-refractivity contribution in [3.63, 3.8) is 0 Å². The average molecular weight is 306 g/mol. The largest absolute Gasteiger partial charge is 0.386 e. The van der Waals surface area contributed by atoms with E-state index in [4.69, 9.17) is 0 Å². The van der Waals surface area contributed by atoms with Gasteiger partial charge in [-0.1, -0.05) is 43.8 Å². The number of pyridine rings is 1. The van der Waals surface area contributed by atoms with Gasteiger partial charge in [0.1, 0.15) is 0 Å². The summed E-state index contributed by atoms with van der Waals surface area (Å²) in [6.07, 6.45) is 8.70. The number of aryl methyl sites for hydroxylation is 3. The van der Waals surface area contributed by atoms with E-state index in [1.54, 1.807) is 6.08 Å². The van der Waals surface area contributed by atoms with E-state index in [0.29, 0.717) is 0 Å². The SMILES string of the molecule is C=C/C=C(\NC)c1ncccc1CCc1cccc(CC)c1C. The summed E-state index contributed by atoms with van der Waals surface area (Å²) in [5.41, 5.74) is 7.58. The van der Waals surface area contributed by atoms with E-state index >= 15 is 0 Å². The molecule has 0 unspecified atom stereocenters. The third-order valence-corrected chi connectivity index (χ3v) is 4.30.